The summed E-state index contributed by atoms with van der Waals surface area (Å²) in [7, 11) is 0. The van der Waals surface area contributed by atoms with Gasteiger partial charge >= 0.3 is 6.09 Å². The molecular weight excluding hydrogens is 358 g/mol. The van der Waals surface area contributed by atoms with Crippen molar-refractivity contribution in [2.75, 3.05) is 11.9 Å². The largest absolute Gasteiger partial charge is 0.465 e. The van der Waals surface area contributed by atoms with E-state index in [0.29, 0.717) is 0 Å². The summed E-state index contributed by atoms with van der Waals surface area (Å²) >= 11 is 5.80. The van der Waals surface area contributed by atoms with E-state index in [1.54, 1.807) is 0 Å². The SMILES string of the molecule is C#C[C@@]1(O)[C@@H](CO)O[C@@H](n2cnc3c(NC(=O)O)nc(Cl)nc32)[C@@H]1O. The molecule has 132 valence electrons. The molecule has 1 amide bonds. The minimum absolute atomic E-state index is 0.0331. The van der Waals surface area contributed by atoms with E-state index in [-0.39, 0.29) is 22.3 Å². The van der Waals surface area contributed by atoms with Crippen LogP contribution in [-0.4, -0.2) is 70.5 Å². The summed E-state index contributed by atoms with van der Waals surface area (Å²) in [6, 6.07) is 0. The maximum atomic E-state index is 10.8. The van der Waals surface area contributed by atoms with E-state index in [0.717, 1.165) is 0 Å². The van der Waals surface area contributed by atoms with Crippen LogP contribution in [-0.2, 0) is 4.74 Å². The molecule has 0 bridgehead atoms. The number of hydrogen-bond donors (Lipinski definition) is 5. The lowest BCUT2D eigenvalue weighted by atomic mass is 9.93. The summed E-state index contributed by atoms with van der Waals surface area (Å²) in [4.78, 5) is 22.5. The zero-order valence-corrected chi connectivity index (χ0v) is 13.1. The molecule has 11 nitrogen and oxygen atoms in total. The van der Waals surface area contributed by atoms with E-state index in [9.17, 15) is 20.1 Å². The second kappa shape index (κ2) is 6.10. The van der Waals surface area contributed by atoms with E-state index < -0.39 is 36.7 Å². The number of amides is 1. The van der Waals surface area contributed by atoms with Crippen molar-refractivity contribution in [1.82, 2.24) is 19.5 Å². The monoisotopic (exact) mass is 369 g/mol. The zero-order valence-electron chi connectivity index (χ0n) is 12.4. The Morgan fingerprint density at radius 3 is 2.84 bits per heavy atom. The van der Waals surface area contributed by atoms with Gasteiger partial charge in [0.25, 0.3) is 0 Å². The number of hydrogen-bond acceptors (Lipinski definition) is 8. The Bertz CT molecular complexity index is 882. The molecule has 4 atom stereocenters. The third-order valence-electron chi connectivity index (χ3n) is 3.81. The van der Waals surface area contributed by atoms with Crippen molar-refractivity contribution in [3.05, 3.63) is 11.6 Å². The number of nitrogens with zero attached hydrogens (tertiary/aromatic N) is 4. The molecule has 5 N–H and O–H groups in total. The Labute approximate surface area is 144 Å². The lowest BCUT2D eigenvalue weighted by molar-refractivity contribution is -0.0605. The molecule has 1 fully saturated rings. The molecule has 2 aromatic rings. The third kappa shape index (κ3) is 2.66. The molecule has 0 unspecified atom stereocenters. The van der Waals surface area contributed by atoms with Crippen LogP contribution >= 0.6 is 11.6 Å². The number of fused-ring (bicyclic) bond motifs is 1. The van der Waals surface area contributed by atoms with E-state index in [1.165, 1.54) is 10.9 Å². The first-order chi connectivity index (χ1) is 11.8. The Morgan fingerprint density at radius 1 is 1.56 bits per heavy atom. The van der Waals surface area contributed by atoms with Crippen LogP contribution in [0.5, 0.6) is 0 Å². The second-order valence-electron chi connectivity index (χ2n) is 5.21. The Morgan fingerprint density at radius 2 is 2.28 bits per heavy atom. The molecular formula is C13H12ClN5O6. The van der Waals surface area contributed by atoms with Gasteiger partial charge in [-0.25, -0.2) is 9.78 Å². The first kappa shape index (κ1) is 17.3. The van der Waals surface area contributed by atoms with Gasteiger partial charge in [-0.3, -0.25) is 9.88 Å². The number of carboxylic acid groups (broad SMARTS) is 1. The number of aliphatic hydroxyl groups excluding tert-OH is 2. The lowest BCUT2D eigenvalue weighted by Gasteiger charge is -2.23. The van der Waals surface area contributed by atoms with Gasteiger partial charge in [0.15, 0.2) is 28.8 Å². The molecule has 1 aliphatic heterocycles. The normalized spacial score (nSPS) is 28.8. The van der Waals surface area contributed by atoms with Gasteiger partial charge in [-0.2, -0.15) is 9.97 Å². The van der Waals surface area contributed by atoms with Crippen LogP contribution in [0.4, 0.5) is 10.6 Å². The lowest BCUT2D eigenvalue weighted by Crippen LogP contribution is -2.47. The van der Waals surface area contributed by atoms with Gasteiger partial charge < -0.3 is 25.2 Å². The smallest absolute Gasteiger partial charge is 0.410 e. The van der Waals surface area contributed by atoms with Crippen LogP contribution in [0.25, 0.3) is 11.2 Å². The summed E-state index contributed by atoms with van der Waals surface area (Å²) in [6.45, 7) is -0.636. The van der Waals surface area contributed by atoms with E-state index in [4.69, 9.17) is 27.9 Å². The average molecular weight is 370 g/mol. The van der Waals surface area contributed by atoms with Gasteiger partial charge in [-0.1, -0.05) is 5.92 Å². The summed E-state index contributed by atoms with van der Waals surface area (Å²) < 4.78 is 6.64. The number of terminal acetylenes is 1. The van der Waals surface area contributed by atoms with Crippen molar-refractivity contribution >= 4 is 34.7 Å². The molecule has 0 saturated carbocycles. The van der Waals surface area contributed by atoms with Crippen LogP contribution in [0.2, 0.25) is 5.28 Å². The minimum atomic E-state index is -2.13. The van der Waals surface area contributed by atoms with Crippen LogP contribution in [0.15, 0.2) is 6.33 Å². The van der Waals surface area contributed by atoms with E-state index in [1.807, 2.05) is 11.2 Å². The molecule has 1 aliphatic rings. The Kier molecular flexibility index (Phi) is 4.23. The number of imidazole rings is 1. The topological polar surface area (TPSA) is 163 Å². The van der Waals surface area contributed by atoms with Gasteiger partial charge in [-0.05, 0) is 11.6 Å². The number of aliphatic hydroxyl groups is 3. The highest BCUT2D eigenvalue weighted by Crippen LogP contribution is 2.38. The number of rotatable bonds is 3. The summed E-state index contributed by atoms with van der Waals surface area (Å²) in [6.07, 6.45) is 0.957. The second-order valence-corrected chi connectivity index (χ2v) is 5.55. The molecule has 0 spiro atoms. The highest BCUT2D eigenvalue weighted by Gasteiger charge is 2.55. The van der Waals surface area contributed by atoms with Gasteiger partial charge in [0.2, 0.25) is 5.28 Å². The molecule has 2 aromatic heterocycles. The van der Waals surface area contributed by atoms with Crippen LogP contribution < -0.4 is 5.32 Å². The summed E-state index contributed by atoms with van der Waals surface area (Å²) in [5.74, 6) is 1.85. The molecule has 0 aliphatic carbocycles. The fourth-order valence-electron chi connectivity index (χ4n) is 2.60. The minimum Gasteiger partial charge on any atom is -0.465 e. The first-order valence-corrected chi connectivity index (χ1v) is 7.24. The first-order valence-electron chi connectivity index (χ1n) is 6.86. The predicted molar refractivity (Wildman–Crippen MR) is 82.8 cm³/mol. The number of anilines is 1. The van der Waals surface area contributed by atoms with E-state index >= 15 is 0 Å². The van der Waals surface area contributed by atoms with Gasteiger partial charge in [0.05, 0.1) is 12.9 Å². The zero-order chi connectivity index (χ0) is 18.4. The maximum Gasteiger partial charge on any atom is 0.410 e. The fourth-order valence-corrected chi connectivity index (χ4v) is 2.76. The van der Waals surface area contributed by atoms with Crippen LogP contribution in [0.1, 0.15) is 6.23 Å². The van der Waals surface area contributed by atoms with Crippen molar-refractivity contribution in [3.8, 4) is 12.3 Å². The average Bonchev–Trinajstić information content (AvgIpc) is 3.07. The van der Waals surface area contributed by atoms with Gasteiger partial charge in [0.1, 0.15) is 12.2 Å². The maximum absolute atomic E-state index is 10.8. The third-order valence-corrected chi connectivity index (χ3v) is 3.98. The molecule has 1 saturated heterocycles. The quantitative estimate of drug-likeness (QED) is 0.343. The van der Waals surface area contributed by atoms with Crippen molar-refractivity contribution in [1.29, 1.82) is 0 Å². The fraction of sp³-hybridized carbons (Fsp3) is 0.385. The van der Waals surface area contributed by atoms with Crippen LogP contribution in [0.3, 0.4) is 0 Å². The number of nitrogens with one attached hydrogen (secondary N) is 1. The van der Waals surface area contributed by atoms with Crippen molar-refractivity contribution < 1.29 is 30.0 Å². The summed E-state index contributed by atoms with van der Waals surface area (Å²) in [5, 5.41) is 40.6. The van der Waals surface area contributed by atoms with Crippen molar-refractivity contribution in [2.24, 2.45) is 0 Å². The molecule has 0 radical (unpaired) electrons. The molecule has 3 heterocycles. The standard InChI is InChI=1S/C13H12ClN5O6/c1-2-13(24)5(3-20)25-10(7(13)21)19-4-15-6-8(17-12(22)23)16-11(14)18-9(6)19/h1,4-5,7,10,20-21,24H,3H2,(H,22,23)(H,16,17,18)/t5-,7+,10-,13-/m1/s1. The van der Waals surface area contributed by atoms with Gasteiger partial charge in [0, 0.05) is 0 Å². The number of carbonyl (C=O) groups is 1. The van der Waals surface area contributed by atoms with Crippen LogP contribution in [0, 0.1) is 12.3 Å². The molecule has 0 aromatic carbocycles. The van der Waals surface area contributed by atoms with Gasteiger partial charge in [-0.15, -0.1) is 6.42 Å². The Hall–Kier alpha value is -2.49. The highest BCUT2D eigenvalue weighted by molar-refractivity contribution is 6.28. The summed E-state index contributed by atoms with van der Waals surface area (Å²) in [5.41, 5.74) is -2.06. The predicted octanol–water partition coefficient (Wildman–Crippen LogP) is -0.816. The molecule has 25 heavy (non-hydrogen) atoms. The molecule has 3 rings (SSSR count). The van der Waals surface area contributed by atoms with E-state index in [2.05, 4.69) is 15.0 Å². The number of halogens is 1. The molecule has 12 heteroatoms. The highest BCUT2D eigenvalue weighted by atomic mass is 35.5. The van der Waals surface area contributed by atoms with Crippen molar-refractivity contribution in [3.63, 3.8) is 0 Å². The number of aromatic nitrogens is 4. The Balaban J connectivity index is 2.10. The number of ether oxygens (including phenoxy) is 1. The van der Waals surface area contributed by atoms with Crippen molar-refractivity contribution in [2.45, 2.75) is 24.0 Å².